The Kier molecular flexibility index (Phi) is 5.76. The maximum Gasteiger partial charge on any atom is 0.253 e. The molecule has 1 unspecified atom stereocenters. The van der Waals surface area contributed by atoms with E-state index in [4.69, 9.17) is 0 Å². The predicted molar refractivity (Wildman–Crippen MR) is 98.3 cm³/mol. The molecule has 0 aromatic carbocycles. The number of nitrogens with zero attached hydrogens (tertiary/aromatic N) is 3. The Morgan fingerprint density at radius 2 is 1.96 bits per heavy atom. The molecule has 0 aliphatic carbocycles. The number of aromatic nitrogens is 2. The average molecular weight is 338 g/mol. The third-order valence-electron chi connectivity index (χ3n) is 4.85. The van der Waals surface area contributed by atoms with E-state index in [1.54, 1.807) is 24.5 Å². The van der Waals surface area contributed by atoms with Gasteiger partial charge in [0.05, 0.1) is 5.69 Å². The Bertz CT molecular complexity index is 679. The molecule has 2 aromatic heterocycles. The lowest BCUT2D eigenvalue weighted by molar-refractivity contribution is 0.0701. The molecule has 132 valence electrons. The van der Waals surface area contributed by atoms with E-state index in [2.05, 4.69) is 41.3 Å². The second kappa shape index (κ2) is 8.21. The summed E-state index contributed by atoms with van der Waals surface area (Å²) in [7, 11) is 0. The molecule has 3 rings (SSSR count). The van der Waals surface area contributed by atoms with Gasteiger partial charge in [0.25, 0.3) is 5.91 Å². The topological polar surface area (TPSA) is 58.1 Å². The molecule has 5 nitrogen and oxygen atoms in total. The monoisotopic (exact) mass is 338 g/mol. The van der Waals surface area contributed by atoms with E-state index in [0.29, 0.717) is 6.04 Å². The summed E-state index contributed by atoms with van der Waals surface area (Å²) in [5.41, 5.74) is 3.00. The zero-order valence-electron chi connectivity index (χ0n) is 15.0. The average Bonchev–Trinajstić information content (AvgIpc) is 2.67. The van der Waals surface area contributed by atoms with E-state index in [0.717, 1.165) is 43.6 Å². The Morgan fingerprint density at radius 3 is 2.56 bits per heavy atom. The molecule has 1 saturated heterocycles. The van der Waals surface area contributed by atoms with Gasteiger partial charge in [-0.3, -0.25) is 14.8 Å². The fourth-order valence-corrected chi connectivity index (χ4v) is 3.31. The van der Waals surface area contributed by atoms with Gasteiger partial charge in [-0.05, 0) is 49.9 Å². The van der Waals surface area contributed by atoms with Crippen LogP contribution in [0.4, 0.5) is 0 Å². The number of hydrogen-bond acceptors (Lipinski definition) is 4. The van der Waals surface area contributed by atoms with E-state index in [1.165, 1.54) is 5.56 Å². The SMILES string of the molecule is CCC(NC1CCN(C(=O)c2ccncc2)CC1)c1ccc(C)cn1. The van der Waals surface area contributed by atoms with Crippen molar-refractivity contribution in [3.8, 4) is 0 Å². The first-order chi connectivity index (χ1) is 12.2. The molecule has 1 amide bonds. The zero-order chi connectivity index (χ0) is 17.6. The van der Waals surface area contributed by atoms with Crippen molar-refractivity contribution in [2.45, 2.75) is 45.2 Å². The van der Waals surface area contributed by atoms with Crippen LogP contribution >= 0.6 is 0 Å². The Hall–Kier alpha value is -2.27. The van der Waals surface area contributed by atoms with Crippen LogP contribution in [0.2, 0.25) is 0 Å². The van der Waals surface area contributed by atoms with E-state index in [1.807, 2.05) is 11.1 Å². The molecule has 0 saturated carbocycles. The predicted octanol–water partition coefficient (Wildman–Crippen LogP) is 3.13. The molecule has 1 fully saturated rings. The molecule has 0 radical (unpaired) electrons. The molecule has 3 heterocycles. The standard InChI is InChI=1S/C20H26N4O/c1-3-18(19-5-4-15(2)14-22-19)23-17-8-12-24(13-9-17)20(25)16-6-10-21-11-7-16/h4-7,10-11,14,17-18,23H,3,8-9,12-13H2,1-2H3. The van der Waals surface area contributed by atoms with Gasteiger partial charge < -0.3 is 10.2 Å². The van der Waals surface area contributed by atoms with Crippen LogP contribution in [0.3, 0.4) is 0 Å². The van der Waals surface area contributed by atoms with E-state index in [9.17, 15) is 4.79 Å². The second-order valence-corrected chi connectivity index (χ2v) is 6.69. The second-order valence-electron chi connectivity index (χ2n) is 6.69. The summed E-state index contributed by atoms with van der Waals surface area (Å²) >= 11 is 0. The maximum absolute atomic E-state index is 12.5. The molecule has 2 aromatic rings. The van der Waals surface area contributed by atoms with Gasteiger partial charge in [0, 0.05) is 49.3 Å². The molecule has 5 heteroatoms. The normalized spacial score (nSPS) is 16.6. The lowest BCUT2D eigenvalue weighted by Crippen LogP contribution is -2.45. The number of nitrogens with one attached hydrogen (secondary N) is 1. The molecule has 1 N–H and O–H groups in total. The van der Waals surface area contributed by atoms with Crippen molar-refractivity contribution in [3.63, 3.8) is 0 Å². The number of pyridine rings is 2. The van der Waals surface area contributed by atoms with Gasteiger partial charge >= 0.3 is 0 Å². The highest BCUT2D eigenvalue weighted by atomic mass is 16.2. The molecule has 0 bridgehead atoms. The minimum absolute atomic E-state index is 0.105. The molecule has 1 aliphatic rings. The van der Waals surface area contributed by atoms with Crippen LogP contribution in [0.1, 0.15) is 53.8 Å². The molecular formula is C20H26N4O. The number of likely N-dealkylation sites (tertiary alicyclic amines) is 1. The summed E-state index contributed by atoms with van der Waals surface area (Å²) in [6, 6.07) is 8.48. The van der Waals surface area contributed by atoms with Crippen molar-refractivity contribution >= 4 is 5.91 Å². The quantitative estimate of drug-likeness (QED) is 0.910. The Morgan fingerprint density at radius 1 is 1.24 bits per heavy atom. The first-order valence-electron chi connectivity index (χ1n) is 9.05. The lowest BCUT2D eigenvalue weighted by Gasteiger charge is -2.34. The number of carbonyl (C=O) groups is 1. The van der Waals surface area contributed by atoms with Crippen LogP contribution in [0.25, 0.3) is 0 Å². The third-order valence-corrected chi connectivity index (χ3v) is 4.85. The number of aryl methyl sites for hydroxylation is 1. The number of rotatable bonds is 5. The summed E-state index contributed by atoms with van der Waals surface area (Å²) in [6.45, 7) is 5.81. The fourth-order valence-electron chi connectivity index (χ4n) is 3.31. The van der Waals surface area contributed by atoms with E-state index >= 15 is 0 Å². The van der Waals surface area contributed by atoms with Crippen molar-refractivity contribution in [2.24, 2.45) is 0 Å². The first-order valence-corrected chi connectivity index (χ1v) is 9.05. The lowest BCUT2D eigenvalue weighted by atomic mass is 10.0. The zero-order valence-corrected chi connectivity index (χ0v) is 15.0. The largest absolute Gasteiger partial charge is 0.339 e. The number of amides is 1. The van der Waals surface area contributed by atoms with E-state index < -0.39 is 0 Å². The number of carbonyl (C=O) groups excluding carboxylic acids is 1. The molecule has 1 aliphatic heterocycles. The van der Waals surface area contributed by atoms with E-state index in [-0.39, 0.29) is 11.9 Å². The Balaban J connectivity index is 1.55. The van der Waals surface area contributed by atoms with Gasteiger partial charge in [-0.1, -0.05) is 13.0 Å². The summed E-state index contributed by atoms with van der Waals surface area (Å²) in [5.74, 6) is 0.105. The summed E-state index contributed by atoms with van der Waals surface area (Å²) in [5, 5.41) is 3.73. The number of hydrogen-bond donors (Lipinski definition) is 1. The first kappa shape index (κ1) is 17.5. The third kappa shape index (κ3) is 4.42. The van der Waals surface area contributed by atoms with Crippen molar-refractivity contribution < 1.29 is 4.79 Å². The van der Waals surface area contributed by atoms with Gasteiger partial charge in [-0.25, -0.2) is 0 Å². The van der Waals surface area contributed by atoms with Gasteiger partial charge in [-0.15, -0.1) is 0 Å². The highest BCUT2D eigenvalue weighted by Crippen LogP contribution is 2.20. The smallest absolute Gasteiger partial charge is 0.253 e. The highest BCUT2D eigenvalue weighted by molar-refractivity contribution is 5.94. The van der Waals surface area contributed by atoms with Crippen LogP contribution in [0, 0.1) is 6.92 Å². The summed E-state index contributed by atoms with van der Waals surface area (Å²) < 4.78 is 0. The van der Waals surface area contributed by atoms with Crippen LogP contribution in [-0.2, 0) is 0 Å². The van der Waals surface area contributed by atoms with Crippen LogP contribution in [0.15, 0.2) is 42.9 Å². The minimum Gasteiger partial charge on any atom is -0.339 e. The summed E-state index contributed by atoms with van der Waals surface area (Å²) in [4.78, 5) is 23.0. The Labute approximate surface area is 149 Å². The minimum atomic E-state index is 0.105. The van der Waals surface area contributed by atoms with Gasteiger partial charge in [-0.2, -0.15) is 0 Å². The maximum atomic E-state index is 12.5. The van der Waals surface area contributed by atoms with Crippen molar-refractivity contribution in [2.75, 3.05) is 13.1 Å². The van der Waals surface area contributed by atoms with Crippen LogP contribution in [-0.4, -0.2) is 39.9 Å². The summed E-state index contributed by atoms with van der Waals surface area (Å²) in [6.07, 6.45) is 8.21. The number of piperidine rings is 1. The van der Waals surface area contributed by atoms with Gasteiger partial charge in [0.1, 0.15) is 0 Å². The van der Waals surface area contributed by atoms with Gasteiger partial charge in [0.2, 0.25) is 0 Å². The molecular weight excluding hydrogens is 312 g/mol. The molecule has 25 heavy (non-hydrogen) atoms. The van der Waals surface area contributed by atoms with Crippen LogP contribution in [0.5, 0.6) is 0 Å². The fraction of sp³-hybridized carbons (Fsp3) is 0.450. The van der Waals surface area contributed by atoms with Crippen molar-refractivity contribution in [1.29, 1.82) is 0 Å². The van der Waals surface area contributed by atoms with Crippen molar-refractivity contribution in [3.05, 3.63) is 59.7 Å². The van der Waals surface area contributed by atoms with Gasteiger partial charge in [0.15, 0.2) is 0 Å². The highest BCUT2D eigenvalue weighted by Gasteiger charge is 2.25. The van der Waals surface area contributed by atoms with Crippen LogP contribution < -0.4 is 5.32 Å². The molecule has 0 spiro atoms. The van der Waals surface area contributed by atoms with Crippen molar-refractivity contribution in [1.82, 2.24) is 20.2 Å². The molecule has 1 atom stereocenters.